The fraction of sp³-hybridized carbons (Fsp3) is 0.929. The summed E-state index contributed by atoms with van der Waals surface area (Å²) in [5.74, 6) is 0.333. The van der Waals surface area contributed by atoms with Gasteiger partial charge >= 0.3 is 5.97 Å². The Kier molecular flexibility index (Phi) is 3.71. The highest BCUT2D eigenvalue weighted by atomic mass is 16.4. The number of rotatable bonds is 2. The molecule has 0 amide bonds. The monoisotopic (exact) mass is 226 g/mol. The van der Waals surface area contributed by atoms with E-state index in [0.717, 1.165) is 25.7 Å². The van der Waals surface area contributed by atoms with E-state index in [1.807, 2.05) is 13.8 Å². The van der Waals surface area contributed by atoms with Gasteiger partial charge in [0.1, 0.15) is 0 Å². The van der Waals surface area contributed by atoms with Crippen LogP contribution in [0.2, 0.25) is 0 Å². The summed E-state index contributed by atoms with van der Waals surface area (Å²) in [5, 5.41) is 9.45. The molecule has 1 aliphatic carbocycles. The van der Waals surface area contributed by atoms with Gasteiger partial charge < -0.3 is 5.11 Å². The van der Waals surface area contributed by atoms with E-state index in [-0.39, 0.29) is 5.92 Å². The molecule has 0 aromatic rings. The third kappa shape index (κ3) is 2.41. The van der Waals surface area contributed by atoms with E-state index in [1.165, 1.54) is 0 Å². The molecule has 0 bridgehead atoms. The van der Waals surface area contributed by atoms with Crippen LogP contribution >= 0.6 is 0 Å². The van der Waals surface area contributed by atoms with E-state index in [1.54, 1.807) is 0 Å². The summed E-state index contributed by atoms with van der Waals surface area (Å²) in [6, 6.07) is 0. The first-order valence-corrected chi connectivity index (χ1v) is 6.43. The molecule has 1 rings (SSSR count). The number of carboxylic acids is 1. The van der Waals surface area contributed by atoms with Crippen molar-refractivity contribution >= 4 is 5.97 Å². The van der Waals surface area contributed by atoms with Crippen molar-refractivity contribution in [3.63, 3.8) is 0 Å². The van der Waals surface area contributed by atoms with Crippen molar-refractivity contribution in [3.05, 3.63) is 0 Å². The normalized spacial score (nSPS) is 31.8. The maximum Gasteiger partial charge on any atom is 0.309 e. The quantitative estimate of drug-likeness (QED) is 0.774. The molecule has 2 heteroatoms. The predicted molar refractivity (Wildman–Crippen MR) is 66.3 cm³/mol. The number of carbonyl (C=O) groups is 1. The van der Waals surface area contributed by atoms with Gasteiger partial charge in [0.05, 0.1) is 5.41 Å². The highest BCUT2D eigenvalue weighted by molar-refractivity contribution is 5.75. The minimum absolute atomic E-state index is 0.242. The smallest absolute Gasteiger partial charge is 0.309 e. The number of hydrogen-bond acceptors (Lipinski definition) is 1. The minimum Gasteiger partial charge on any atom is -0.481 e. The Balaban J connectivity index is 2.75. The summed E-state index contributed by atoms with van der Waals surface area (Å²) in [6.07, 6.45) is 3.83. The molecule has 0 spiro atoms. The van der Waals surface area contributed by atoms with E-state index in [4.69, 9.17) is 0 Å². The van der Waals surface area contributed by atoms with Crippen LogP contribution in [0.1, 0.15) is 60.3 Å². The highest BCUT2D eigenvalue weighted by Crippen LogP contribution is 2.48. The molecule has 1 fully saturated rings. The van der Waals surface area contributed by atoms with E-state index < -0.39 is 11.4 Å². The first kappa shape index (κ1) is 13.5. The second-order valence-electron chi connectivity index (χ2n) is 6.76. The zero-order valence-electron chi connectivity index (χ0n) is 11.3. The third-order valence-electron chi connectivity index (χ3n) is 4.63. The van der Waals surface area contributed by atoms with Crippen molar-refractivity contribution in [1.29, 1.82) is 0 Å². The summed E-state index contributed by atoms with van der Waals surface area (Å²) >= 11 is 0. The van der Waals surface area contributed by atoms with E-state index in [2.05, 4.69) is 20.8 Å². The van der Waals surface area contributed by atoms with Gasteiger partial charge in [0, 0.05) is 0 Å². The lowest BCUT2D eigenvalue weighted by Gasteiger charge is -2.43. The van der Waals surface area contributed by atoms with Gasteiger partial charge in [-0.15, -0.1) is 0 Å². The summed E-state index contributed by atoms with van der Waals surface area (Å²) in [6.45, 7) is 10.9. The molecule has 0 unspecified atom stereocenters. The molecular formula is C14H26O2. The van der Waals surface area contributed by atoms with Crippen LogP contribution in [-0.2, 0) is 4.79 Å². The Labute approximate surface area is 99.4 Å². The largest absolute Gasteiger partial charge is 0.481 e. The van der Waals surface area contributed by atoms with Crippen molar-refractivity contribution in [2.24, 2.45) is 22.7 Å². The summed E-state index contributed by atoms with van der Waals surface area (Å²) in [7, 11) is 0. The lowest BCUT2D eigenvalue weighted by molar-refractivity contribution is -0.156. The molecule has 0 saturated heterocycles. The fourth-order valence-corrected chi connectivity index (χ4v) is 3.04. The first-order chi connectivity index (χ1) is 7.20. The lowest BCUT2D eigenvalue weighted by atomic mass is 9.60. The number of hydrogen-bond donors (Lipinski definition) is 1. The Morgan fingerprint density at radius 2 is 1.69 bits per heavy atom. The van der Waals surface area contributed by atoms with Gasteiger partial charge in [-0.05, 0) is 42.9 Å². The maximum atomic E-state index is 11.5. The molecule has 94 valence electrons. The van der Waals surface area contributed by atoms with Crippen molar-refractivity contribution in [2.45, 2.75) is 60.3 Å². The van der Waals surface area contributed by atoms with Gasteiger partial charge in [0.2, 0.25) is 0 Å². The second kappa shape index (κ2) is 4.38. The standard InChI is InChI=1S/C14H26O2/c1-10(2)14(12(15)16)8-6-11(7-9-14)13(3,4)5/h10-11H,6-9H2,1-5H3,(H,15,16). The molecule has 2 nitrogen and oxygen atoms in total. The van der Waals surface area contributed by atoms with E-state index >= 15 is 0 Å². The molecule has 0 radical (unpaired) electrons. The van der Waals surface area contributed by atoms with Crippen LogP contribution in [-0.4, -0.2) is 11.1 Å². The van der Waals surface area contributed by atoms with E-state index in [9.17, 15) is 9.90 Å². The third-order valence-corrected chi connectivity index (χ3v) is 4.63. The number of carboxylic acid groups (broad SMARTS) is 1. The van der Waals surface area contributed by atoms with Gasteiger partial charge in [0.25, 0.3) is 0 Å². The van der Waals surface area contributed by atoms with Crippen LogP contribution in [0.5, 0.6) is 0 Å². The summed E-state index contributed by atoms with van der Waals surface area (Å²) < 4.78 is 0. The maximum absolute atomic E-state index is 11.5. The van der Waals surface area contributed by atoms with Gasteiger partial charge in [-0.2, -0.15) is 0 Å². The molecule has 0 aromatic carbocycles. The van der Waals surface area contributed by atoms with Crippen molar-refractivity contribution in [1.82, 2.24) is 0 Å². The van der Waals surface area contributed by atoms with Gasteiger partial charge in [-0.25, -0.2) is 0 Å². The van der Waals surface area contributed by atoms with E-state index in [0.29, 0.717) is 11.3 Å². The van der Waals surface area contributed by atoms with Gasteiger partial charge in [-0.1, -0.05) is 34.6 Å². The Morgan fingerprint density at radius 1 is 1.25 bits per heavy atom. The minimum atomic E-state index is -0.588. The van der Waals surface area contributed by atoms with Crippen molar-refractivity contribution in [3.8, 4) is 0 Å². The van der Waals surface area contributed by atoms with Gasteiger partial charge in [-0.3, -0.25) is 4.79 Å². The Bertz CT molecular complexity index is 252. The van der Waals surface area contributed by atoms with Crippen LogP contribution in [0.15, 0.2) is 0 Å². The first-order valence-electron chi connectivity index (χ1n) is 6.43. The molecule has 0 aromatic heterocycles. The number of aliphatic carboxylic acids is 1. The molecular weight excluding hydrogens is 200 g/mol. The Morgan fingerprint density at radius 3 is 1.94 bits per heavy atom. The SMILES string of the molecule is CC(C)C1(C(=O)O)CCC(C(C)(C)C)CC1. The average Bonchev–Trinajstić information content (AvgIpc) is 2.15. The van der Waals surface area contributed by atoms with Crippen LogP contribution < -0.4 is 0 Å². The highest BCUT2D eigenvalue weighted by Gasteiger charge is 2.45. The molecule has 0 atom stereocenters. The second-order valence-corrected chi connectivity index (χ2v) is 6.76. The van der Waals surface area contributed by atoms with Crippen molar-refractivity contribution in [2.75, 3.05) is 0 Å². The van der Waals surface area contributed by atoms with Crippen LogP contribution in [0.25, 0.3) is 0 Å². The Hall–Kier alpha value is -0.530. The average molecular weight is 226 g/mol. The van der Waals surface area contributed by atoms with Crippen LogP contribution in [0.3, 0.4) is 0 Å². The summed E-state index contributed by atoms with van der Waals surface area (Å²) in [4.78, 5) is 11.5. The van der Waals surface area contributed by atoms with Crippen molar-refractivity contribution < 1.29 is 9.90 Å². The van der Waals surface area contributed by atoms with Crippen LogP contribution in [0.4, 0.5) is 0 Å². The molecule has 0 aliphatic heterocycles. The topological polar surface area (TPSA) is 37.3 Å². The molecule has 1 N–H and O–H groups in total. The fourth-order valence-electron chi connectivity index (χ4n) is 3.04. The molecule has 1 saturated carbocycles. The lowest BCUT2D eigenvalue weighted by Crippen LogP contribution is -2.41. The molecule has 0 heterocycles. The summed E-state index contributed by atoms with van der Waals surface area (Å²) in [5.41, 5.74) is -0.136. The zero-order valence-corrected chi connectivity index (χ0v) is 11.3. The van der Waals surface area contributed by atoms with Gasteiger partial charge in [0.15, 0.2) is 0 Å². The molecule has 1 aliphatic rings. The predicted octanol–water partition coefficient (Wildman–Crippen LogP) is 3.95. The molecule has 16 heavy (non-hydrogen) atoms. The van der Waals surface area contributed by atoms with Crippen LogP contribution in [0, 0.1) is 22.7 Å². The zero-order chi connectivity index (χ0) is 12.6.